The molecule has 5 rings (SSSR count). The SMILES string of the molecule is C=C1[C@@H](c2cc(C(F)(F)F)cc(C(F)(F)F)c2)OC(=O)N1Cc1nc(N2CC(F)C2)ncc1-c1cc(Cl)cnc1OC. The molecule has 2 aliphatic heterocycles. The summed E-state index contributed by atoms with van der Waals surface area (Å²) < 4.78 is 105. The van der Waals surface area contributed by atoms with Crippen molar-refractivity contribution in [3.05, 3.63) is 76.3 Å². The molecular formula is C26H19ClF7N5O3. The van der Waals surface area contributed by atoms with E-state index in [1.54, 1.807) is 0 Å². The zero-order valence-corrected chi connectivity index (χ0v) is 22.2. The third-order valence-corrected chi connectivity index (χ3v) is 6.79. The molecule has 222 valence electrons. The molecule has 1 atom stereocenters. The molecule has 4 heterocycles. The molecule has 2 aliphatic rings. The Morgan fingerprint density at radius 1 is 1.02 bits per heavy atom. The Morgan fingerprint density at radius 3 is 2.24 bits per heavy atom. The number of nitrogens with zero attached hydrogens (tertiary/aromatic N) is 5. The molecule has 1 aromatic carbocycles. The summed E-state index contributed by atoms with van der Waals surface area (Å²) in [7, 11) is 1.35. The summed E-state index contributed by atoms with van der Waals surface area (Å²) in [6, 6.07) is 2.41. The maximum absolute atomic E-state index is 13.5. The summed E-state index contributed by atoms with van der Waals surface area (Å²) in [6.07, 6.45) is -11.3. The highest BCUT2D eigenvalue weighted by molar-refractivity contribution is 6.30. The summed E-state index contributed by atoms with van der Waals surface area (Å²) in [6.45, 7) is 3.38. The number of carbonyl (C=O) groups is 1. The Bertz CT molecular complexity index is 1530. The number of cyclic esters (lactones) is 1. The average Bonchev–Trinajstić information content (AvgIpc) is 3.18. The van der Waals surface area contributed by atoms with Crippen molar-refractivity contribution in [3.8, 4) is 17.0 Å². The van der Waals surface area contributed by atoms with Gasteiger partial charge in [0.15, 0.2) is 6.10 Å². The number of pyridine rings is 1. The van der Waals surface area contributed by atoms with Gasteiger partial charge in [-0.3, -0.25) is 4.90 Å². The van der Waals surface area contributed by atoms with Gasteiger partial charge in [0.1, 0.15) is 6.17 Å². The van der Waals surface area contributed by atoms with E-state index in [1.807, 2.05) is 0 Å². The Balaban J connectivity index is 1.54. The zero-order valence-electron chi connectivity index (χ0n) is 21.4. The highest BCUT2D eigenvalue weighted by Gasteiger charge is 2.42. The molecule has 0 N–H and O–H groups in total. The lowest BCUT2D eigenvalue weighted by Crippen LogP contribution is -2.49. The van der Waals surface area contributed by atoms with E-state index < -0.39 is 54.0 Å². The molecule has 8 nitrogen and oxygen atoms in total. The molecule has 16 heteroatoms. The molecule has 2 fully saturated rings. The number of amides is 1. The van der Waals surface area contributed by atoms with Crippen molar-refractivity contribution in [2.24, 2.45) is 0 Å². The quantitative estimate of drug-likeness (QED) is 0.288. The van der Waals surface area contributed by atoms with Crippen molar-refractivity contribution in [1.82, 2.24) is 19.9 Å². The third-order valence-electron chi connectivity index (χ3n) is 6.59. The van der Waals surface area contributed by atoms with Gasteiger partial charge in [0.2, 0.25) is 11.8 Å². The minimum absolute atomic E-state index is 0.0262. The minimum Gasteiger partial charge on any atom is -0.481 e. The number of aromatic nitrogens is 3. The van der Waals surface area contributed by atoms with E-state index in [4.69, 9.17) is 21.1 Å². The van der Waals surface area contributed by atoms with Gasteiger partial charge in [0.25, 0.3) is 0 Å². The topological polar surface area (TPSA) is 80.7 Å². The van der Waals surface area contributed by atoms with Crippen LogP contribution in [0.3, 0.4) is 0 Å². The van der Waals surface area contributed by atoms with Crippen LogP contribution in [0.1, 0.15) is 28.5 Å². The highest BCUT2D eigenvalue weighted by Crippen LogP contribution is 2.43. The first-order chi connectivity index (χ1) is 19.7. The smallest absolute Gasteiger partial charge is 0.416 e. The fraction of sp³-hybridized carbons (Fsp3) is 0.308. The van der Waals surface area contributed by atoms with Crippen molar-refractivity contribution >= 4 is 23.6 Å². The summed E-state index contributed by atoms with van der Waals surface area (Å²) in [4.78, 5) is 28.2. The number of alkyl halides is 7. The molecule has 1 amide bonds. The first kappa shape index (κ1) is 29.4. The van der Waals surface area contributed by atoms with Gasteiger partial charge in [-0.2, -0.15) is 26.3 Å². The first-order valence-corrected chi connectivity index (χ1v) is 12.4. The van der Waals surface area contributed by atoms with Crippen molar-refractivity contribution in [1.29, 1.82) is 0 Å². The van der Waals surface area contributed by atoms with Gasteiger partial charge < -0.3 is 14.4 Å². The maximum atomic E-state index is 13.5. The molecule has 0 unspecified atom stereocenters. The van der Waals surface area contributed by atoms with E-state index in [2.05, 4.69) is 21.5 Å². The zero-order chi connectivity index (χ0) is 30.6. The third kappa shape index (κ3) is 5.65. The van der Waals surface area contributed by atoms with Crippen LogP contribution >= 0.6 is 11.6 Å². The second-order valence-electron chi connectivity index (χ2n) is 9.42. The van der Waals surface area contributed by atoms with Crippen LogP contribution < -0.4 is 9.64 Å². The number of methoxy groups -OCH3 is 1. The number of benzene rings is 1. The average molecular weight is 618 g/mol. The Hall–Kier alpha value is -4.14. The highest BCUT2D eigenvalue weighted by atomic mass is 35.5. The largest absolute Gasteiger partial charge is 0.481 e. The number of ether oxygens (including phenoxy) is 2. The van der Waals surface area contributed by atoms with Gasteiger partial charge in [0.05, 0.1) is 54.3 Å². The van der Waals surface area contributed by atoms with Crippen LogP contribution in [-0.2, 0) is 23.6 Å². The maximum Gasteiger partial charge on any atom is 0.416 e. The van der Waals surface area contributed by atoms with Crippen molar-refractivity contribution in [3.63, 3.8) is 0 Å². The van der Waals surface area contributed by atoms with Crippen LogP contribution in [0.2, 0.25) is 5.02 Å². The Kier molecular flexibility index (Phi) is 7.41. The van der Waals surface area contributed by atoms with Crippen molar-refractivity contribution in [2.75, 3.05) is 25.1 Å². The lowest BCUT2D eigenvalue weighted by atomic mass is 9.99. The standard InChI is InChI=1S/C26H19ClF7N5O3/c1-12-21(13-3-14(25(29,30)31)5-15(4-13)26(32,33)34)42-24(40)39(12)11-20-19(18-6-16(27)7-35-22(18)41-2)8-36-23(37-20)38-9-17(28)10-38/h3-8,17,21H,1,9-11H2,2H3/t21-/m0/s1. The van der Waals surface area contributed by atoms with E-state index in [0.717, 1.165) is 4.90 Å². The van der Waals surface area contributed by atoms with Gasteiger partial charge >= 0.3 is 18.4 Å². The van der Waals surface area contributed by atoms with E-state index in [9.17, 15) is 35.5 Å². The van der Waals surface area contributed by atoms with E-state index in [1.165, 1.54) is 30.5 Å². The van der Waals surface area contributed by atoms with Crippen LogP contribution in [0.5, 0.6) is 5.88 Å². The van der Waals surface area contributed by atoms with Gasteiger partial charge in [-0.15, -0.1) is 0 Å². The Morgan fingerprint density at radius 2 is 1.67 bits per heavy atom. The van der Waals surface area contributed by atoms with Gasteiger partial charge in [-0.05, 0) is 29.8 Å². The number of carbonyl (C=O) groups excluding carboxylic acids is 1. The van der Waals surface area contributed by atoms with E-state index in [0.29, 0.717) is 17.7 Å². The van der Waals surface area contributed by atoms with Crippen LogP contribution in [0.15, 0.2) is 48.9 Å². The lowest BCUT2D eigenvalue weighted by Gasteiger charge is -2.34. The number of halogens is 8. The summed E-state index contributed by atoms with van der Waals surface area (Å²) in [5.41, 5.74) is -3.20. The second kappa shape index (κ2) is 10.6. The molecular weight excluding hydrogens is 599 g/mol. The summed E-state index contributed by atoms with van der Waals surface area (Å²) >= 11 is 6.13. The molecule has 3 aromatic rings. The molecule has 0 saturated carbocycles. The fourth-order valence-electron chi connectivity index (χ4n) is 4.47. The number of rotatable bonds is 6. The predicted octanol–water partition coefficient (Wildman–Crippen LogP) is 6.60. The normalized spacial score (nSPS) is 17.9. The minimum atomic E-state index is -5.11. The molecule has 0 aliphatic carbocycles. The monoisotopic (exact) mass is 617 g/mol. The molecule has 2 saturated heterocycles. The van der Waals surface area contributed by atoms with E-state index >= 15 is 0 Å². The molecule has 0 bridgehead atoms. The predicted molar refractivity (Wildman–Crippen MR) is 134 cm³/mol. The molecule has 42 heavy (non-hydrogen) atoms. The van der Waals surface area contributed by atoms with Gasteiger partial charge in [0, 0.05) is 23.5 Å². The molecule has 2 aromatic heterocycles. The lowest BCUT2D eigenvalue weighted by molar-refractivity contribution is -0.143. The van der Waals surface area contributed by atoms with Crippen LogP contribution in [0.25, 0.3) is 11.1 Å². The molecule has 0 radical (unpaired) electrons. The van der Waals surface area contributed by atoms with Crippen molar-refractivity contribution < 1.29 is 45.0 Å². The summed E-state index contributed by atoms with van der Waals surface area (Å²) in [5.74, 6) is 0.244. The number of hydrogen-bond donors (Lipinski definition) is 0. The van der Waals surface area contributed by atoms with Crippen LogP contribution in [0, 0.1) is 0 Å². The number of hydrogen-bond acceptors (Lipinski definition) is 7. The van der Waals surface area contributed by atoms with Gasteiger partial charge in [-0.25, -0.2) is 24.1 Å². The molecule has 0 spiro atoms. The summed E-state index contributed by atoms with van der Waals surface area (Å²) in [5, 5.41) is 0.221. The van der Waals surface area contributed by atoms with Crippen molar-refractivity contribution in [2.45, 2.75) is 31.2 Å². The first-order valence-electron chi connectivity index (χ1n) is 12.1. The van der Waals surface area contributed by atoms with Crippen LogP contribution in [-0.4, -0.2) is 52.3 Å². The fourth-order valence-corrected chi connectivity index (χ4v) is 4.63. The second-order valence-corrected chi connectivity index (χ2v) is 9.86. The van der Waals surface area contributed by atoms with Gasteiger partial charge in [-0.1, -0.05) is 18.2 Å². The van der Waals surface area contributed by atoms with Crippen LogP contribution in [0.4, 0.5) is 41.5 Å². The van der Waals surface area contributed by atoms with E-state index in [-0.39, 0.29) is 53.0 Å². The Labute approximate surface area is 238 Å². The number of anilines is 1.